The van der Waals surface area contributed by atoms with Crippen molar-refractivity contribution in [2.24, 2.45) is 0 Å². The van der Waals surface area contributed by atoms with Crippen molar-refractivity contribution in [3.05, 3.63) is 114 Å². The number of carbonyl (C=O) groups is 1. The predicted molar refractivity (Wildman–Crippen MR) is 123 cm³/mol. The zero-order valence-electron chi connectivity index (χ0n) is 17.2. The Bertz CT molecular complexity index is 1160. The van der Waals surface area contributed by atoms with Crippen LogP contribution in [0.3, 0.4) is 0 Å². The van der Waals surface area contributed by atoms with Gasteiger partial charge in [-0.05, 0) is 46.5 Å². The van der Waals surface area contributed by atoms with Crippen LogP contribution in [-0.2, 0) is 13.0 Å². The normalized spacial score (nSPS) is 11.8. The number of hydrogen-bond donors (Lipinski definition) is 2. The van der Waals surface area contributed by atoms with Crippen LogP contribution in [0.15, 0.2) is 97.1 Å². The molecule has 0 saturated carbocycles. The summed E-state index contributed by atoms with van der Waals surface area (Å²) in [5.41, 5.74) is 2.55. The Hall–Kier alpha value is -3.63. The maximum atomic E-state index is 12.9. The molecule has 4 aromatic carbocycles. The van der Waals surface area contributed by atoms with Crippen LogP contribution >= 0.6 is 0 Å². The van der Waals surface area contributed by atoms with Gasteiger partial charge in [-0.3, -0.25) is 4.79 Å². The molecule has 0 bridgehead atoms. The fourth-order valence-electron chi connectivity index (χ4n) is 3.59. The molecular weight excluding hydrogens is 386 g/mol. The summed E-state index contributed by atoms with van der Waals surface area (Å²) in [6.07, 6.45) is 0.559. The van der Waals surface area contributed by atoms with Crippen molar-refractivity contribution < 1.29 is 14.6 Å². The van der Waals surface area contributed by atoms with Gasteiger partial charge in [0.15, 0.2) is 0 Å². The fraction of sp³-hybridized carbons (Fsp3) is 0.148. The number of carbonyl (C=O) groups excluding carboxylic acids is 1. The van der Waals surface area contributed by atoms with E-state index in [1.807, 2.05) is 60.7 Å². The maximum Gasteiger partial charge on any atom is 0.255 e. The van der Waals surface area contributed by atoms with Gasteiger partial charge in [0.25, 0.3) is 5.91 Å². The average Bonchev–Trinajstić information content (AvgIpc) is 2.83. The van der Waals surface area contributed by atoms with Crippen LogP contribution in [0.25, 0.3) is 10.8 Å². The van der Waals surface area contributed by atoms with Crippen molar-refractivity contribution >= 4 is 16.7 Å². The maximum absolute atomic E-state index is 12.9. The molecule has 0 unspecified atom stereocenters. The quantitative estimate of drug-likeness (QED) is 0.440. The molecule has 156 valence electrons. The Morgan fingerprint density at radius 1 is 0.806 bits per heavy atom. The molecule has 1 atom stereocenters. The molecule has 0 radical (unpaired) electrons. The number of rotatable bonds is 8. The van der Waals surface area contributed by atoms with E-state index in [9.17, 15) is 9.90 Å². The summed E-state index contributed by atoms with van der Waals surface area (Å²) in [6.45, 7) is 0.226. The Morgan fingerprint density at radius 2 is 1.52 bits per heavy atom. The topological polar surface area (TPSA) is 58.6 Å². The van der Waals surface area contributed by atoms with E-state index >= 15 is 0 Å². The molecule has 4 nitrogen and oxygen atoms in total. The Kier molecular flexibility index (Phi) is 6.60. The number of para-hydroxylation sites is 1. The Balaban J connectivity index is 1.44. The first-order valence-corrected chi connectivity index (χ1v) is 10.4. The van der Waals surface area contributed by atoms with Crippen molar-refractivity contribution in [1.82, 2.24) is 5.32 Å². The van der Waals surface area contributed by atoms with E-state index in [4.69, 9.17) is 4.74 Å². The van der Waals surface area contributed by atoms with E-state index in [1.165, 1.54) is 5.39 Å². The smallest absolute Gasteiger partial charge is 0.255 e. The van der Waals surface area contributed by atoms with Gasteiger partial charge in [-0.15, -0.1) is 0 Å². The number of ether oxygens (including phenoxy) is 1. The van der Waals surface area contributed by atoms with Crippen molar-refractivity contribution in [1.29, 1.82) is 0 Å². The minimum absolute atomic E-state index is 0.138. The first-order valence-electron chi connectivity index (χ1n) is 10.4. The van der Waals surface area contributed by atoms with Crippen LogP contribution in [0, 0.1) is 0 Å². The minimum Gasteiger partial charge on any atom is -0.488 e. The third-order valence-corrected chi connectivity index (χ3v) is 5.22. The molecule has 0 aromatic heterocycles. The number of aliphatic hydroxyl groups is 1. The van der Waals surface area contributed by atoms with Gasteiger partial charge < -0.3 is 15.2 Å². The first-order chi connectivity index (χ1) is 15.2. The highest BCUT2D eigenvalue weighted by atomic mass is 16.5. The number of fused-ring (bicyclic) bond motifs is 1. The number of benzene rings is 4. The van der Waals surface area contributed by atoms with Crippen LogP contribution in [-0.4, -0.2) is 23.7 Å². The lowest BCUT2D eigenvalue weighted by Gasteiger charge is -2.18. The monoisotopic (exact) mass is 411 g/mol. The lowest BCUT2D eigenvalue weighted by Crippen LogP contribution is -2.39. The molecule has 1 amide bonds. The molecule has 0 fully saturated rings. The van der Waals surface area contributed by atoms with Crippen LogP contribution in [0.2, 0.25) is 0 Å². The fourth-order valence-corrected chi connectivity index (χ4v) is 3.59. The summed E-state index contributed by atoms with van der Waals surface area (Å²) < 4.78 is 6.00. The summed E-state index contributed by atoms with van der Waals surface area (Å²) in [7, 11) is 0. The molecule has 4 rings (SSSR count). The zero-order chi connectivity index (χ0) is 21.5. The molecule has 0 saturated heterocycles. The summed E-state index contributed by atoms with van der Waals surface area (Å²) in [6, 6.07) is 31.0. The standard InChI is InChI=1S/C27H25NO3/c29-18-24(17-20-8-2-1-3-9-20)28-27(30)25-12-6-7-13-26(25)31-19-21-14-15-22-10-4-5-11-23(22)16-21/h1-16,24,29H,17-19H2,(H,28,30)/t24-/m0/s1. The van der Waals surface area contributed by atoms with Crippen LogP contribution in [0.5, 0.6) is 5.75 Å². The van der Waals surface area contributed by atoms with Gasteiger partial charge in [0.1, 0.15) is 12.4 Å². The van der Waals surface area contributed by atoms with Crippen LogP contribution in [0.4, 0.5) is 0 Å². The van der Waals surface area contributed by atoms with Crippen molar-refractivity contribution in [3.63, 3.8) is 0 Å². The second-order valence-corrected chi connectivity index (χ2v) is 7.51. The number of amides is 1. The van der Waals surface area contributed by atoms with E-state index < -0.39 is 0 Å². The van der Waals surface area contributed by atoms with Crippen molar-refractivity contribution in [2.75, 3.05) is 6.61 Å². The third kappa shape index (κ3) is 5.30. The molecule has 0 heterocycles. The lowest BCUT2D eigenvalue weighted by molar-refractivity contribution is 0.0912. The largest absolute Gasteiger partial charge is 0.488 e. The van der Waals surface area contributed by atoms with Gasteiger partial charge in [-0.1, -0.05) is 78.9 Å². The van der Waals surface area contributed by atoms with Gasteiger partial charge >= 0.3 is 0 Å². The molecule has 0 aliphatic carbocycles. The Labute approximate surface area is 182 Å². The molecule has 4 heteroatoms. The SMILES string of the molecule is O=C(N[C@H](CO)Cc1ccccc1)c1ccccc1OCc1ccc2ccccc2c1. The Morgan fingerprint density at radius 3 is 2.32 bits per heavy atom. The number of hydrogen-bond acceptors (Lipinski definition) is 3. The highest BCUT2D eigenvalue weighted by Gasteiger charge is 2.17. The van der Waals surface area contributed by atoms with Gasteiger partial charge in [-0.25, -0.2) is 0 Å². The highest BCUT2D eigenvalue weighted by molar-refractivity contribution is 5.97. The van der Waals surface area contributed by atoms with Crippen LogP contribution < -0.4 is 10.1 Å². The summed E-state index contributed by atoms with van der Waals surface area (Å²) in [5.74, 6) is 0.258. The number of aliphatic hydroxyl groups excluding tert-OH is 1. The summed E-state index contributed by atoms with van der Waals surface area (Å²) >= 11 is 0. The second-order valence-electron chi connectivity index (χ2n) is 7.51. The predicted octanol–water partition coefficient (Wildman–Crippen LogP) is 4.75. The lowest BCUT2D eigenvalue weighted by atomic mass is 10.1. The van der Waals surface area contributed by atoms with E-state index in [2.05, 4.69) is 29.6 Å². The summed E-state index contributed by atoms with van der Waals surface area (Å²) in [5, 5.41) is 15.0. The van der Waals surface area contributed by atoms with Gasteiger partial charge in [0, 0.05) is 0 Å². The van der Waals surface area contributed by atoms with Crippen molar-refractivity contribution in [3.8, 4) is 5.75 Å². The molecule has 2 N–H and O–H groups in total. The minimum atomic E-state index is -0.372. The zero-order valence-corrected chi connectivity index (χ0v) is 17.2. The van der Waals surface area contributed by atoms with Crippen molar-refractivity contribution in [2.45, 2.75) is 19.1 Å². The molecule has 4 aromatic rings. The van der Waals surface area contributed by atoms with E-state index in [1.54, 1.807) is 12.1 Å². The second kappa shape index (κ2) is 9.92. The number of nitrogens with one attached hydrogen (secondary N) is 1. The highest BCUT2D eigenvalue weighted by Crippen LogP contribution is 2.21. The average molecular weight is 412 g/mol. The molecule has 0 aliphatic rings. The van der Waals surface area contributed by atoms with Gasteiger partial charge in [0.2, 0.25) is 0 Å². The van der Waals surface area contributed by atoms with E-state index in [0.29, 0.717) is 24.3 Å². The van der Waals surface area contributed by atoms with E-state index in [-0.39, 0.29) is 18.6 Å². The van der Waals surface area contributed by atoms with Gasteiger partial charge in [0.05, 0.1) is 18.2 Å². The van der Waals surface area contributed by atoms with Crippen LogP contribution in [0.1, 0.15) is 21.5 Å². The first kappa shape index (κ1) is 20.6. The molecule has 31 heavy (non-hydrogen) atoms. The molecular formula is C27H25NO3. The van der Waals surface area contributed by atoms with E-state index in [0.717, 1.165) is 16.5 Å². The molecule has 0 spiro atoms. The third-order valence-electron chi connectivity index (χ3n) is 5.22. The van der Waals surface area contributed by atoms with Gasteiger partial charge in [-0.2, -0.15) is 0 Å². The summed E-state index contributed by atoms with van der Waals surface area (Å²) in [4.78, 5) is 12.9. The molecule has 0 aliphatic heterocycles.